The van der Waals surface area contributed by atoms with Gasteiger partial charge in [-0.1, -0.05) is 20.3 Å². The topological polar surface area (TPSA) is 41.6 Å². The van der Waals surface area contributed by atoms with Gasteiger partial charge in [0.25, 0.3) is 0 Å². The summed E-state index contributed by atoms with van der Waals surface area (Å²) in [4.78, 5) is 14.6. The molecule has 5 heteroatoms. The van der Waals surface area contributed by atoms with E-state index in [2.05, 4.69) is 19.2 Å². The Bertz CT molecular complexity index is 263. The molecule has 0 spiro atoms. The van der Waals surface area contributed by atoms with Crippen molar-refractivity contribution in [2.24, 2.45) is 11.3 Å². The van der Waals surface area contributed by atoms with E-state index >= 15 is 0 Å². The molecule has 4 nitrogen and oxygen atoms in total. The molecule has 1 atom stereocenters. The number of methoxy groups -OCH3 is 1. The van der Waals surface area contributed by atoms with Crippen molar-refractivity contribution in [1.82, 2.24) is 10.2 Å². The summed E-state index contributed by atoms with van der Waals surface area (Å²) in [6.07, 6.45) is 2.87. The number of hydrogen-bond donors (Lipinski definition) is 1. The average Bonchev–Trinajstić information content (AvgIpc) is 2.39. The molecule has 0 radical (unpaired) electrons. The molecule has 1 unspecified atom stereocenters. The van der Waals surface area contributed by atoms with Crippen molar-refractivity contribution in [3.63, 3.8) is 0 Å². The standard InChI is InChI=1S/C14H28N2O2.ClH/c1-5-12(2)10-16(3)13(17)14(11-18-4)6-8-15-9-7-14;/h12,15H,5-11H2,1-4H3;1H. The number of nitrogens with one attached hydrogen (secondary N) is 1. The van der Waals surface area contributed by atoms with Crippen molar-refractivity contribution in [2.75, 3.05) is 40.4 Å². The molecule has 0 aromatic carbocycles. The van der Waals surface area contributed by atoms with Crippen LogP contribution < -0.4 is 5.32 Å². The van der Waals surface area contributed by atoms with E-state index in [4.69, 9.17) is 4.74 Å². The minimum absolute atomic E-state index is 0. The monoisotopic (exact) mass is 292 g/mol. The Morgan fingerprint density at radius 1 is 1.42 bits per heavy atom. The molecular weight excluding hydrogens is 264 g/mol. The third-order valence-electron chi connectivity index (χ3n) is 4.06. The van der Waals surface area contributed by atoms with Gasteiger partial charge in [0.15, 0.2) is 0 Å². The predicted molar refractivity (Wildman–Crippen MR) is 80.8 cm³/mol. The van der Waals surface area contributed by atoms with Crippen LogP contribution in [0.2, 0.25) is 0 Å². The Kier molecular flexibility index (Phi) is 8.62. The van der Waals surface area contributed by atoms with Crippen LogP contribution in [0.15, 0.2) is 0 Å². The maximum absolute atomic E-state index is 12.7. The molecule has 0 aromatic rings. The number of halogens is 1. The van der Waals surface area contributed by atoms with E-state index in [1.54, 1.807) is 7.11 Å². The van der Waals surface area contributed by atoms with Crippen LogP contribution in [0.3, 0.4) is 0 Å². The van der Waals surface area contributed by atoms with E-state index in [0.29, 0.717) is 12.5 Å². The normalized spacial score (nSPS) is 19.4. The highest BCUT2D eigenvalue weighted by Crippen LogP contribution is 2.31. The van der Waals surface area contributed by atoms with Gasteiger partial charge in [0, 0.05) is 20.7 Å². The molecule has 0 saturated carbocycles. The van der Waals surface area contributed by atoms with Crippen LogP contribution in [0.4, 0.5) is 0 Å². The van der Waals surface area contributed by atoms with Crippen LogP contribution >= 0.6 is 12.4 Å². The molecule has 1 N–H and O–H groups in total. The highest BCUT2D eigenvalue weighted by molar-refractivity contribution is 5.85. The molecular formula is C14H29ClN2O2. The number of amides is 1. The number of carbonyl (C=O) groups excluding carboxylic acids is 1. The number of piperidine rings is 1. The number of hydrogen-bond acceptors (Lipinski definition) is 3. The molecule has 1 saturated heterocycles. The molecule has 1 fully saturated rings. The fourth-order valence-electron chi connectivity index (χ4n) is 2.69. The second kappa shape index (κ2) is 8.77. The van der Waals surface area contributed by atoms with Crippen molar-refractivity contribution in [3.05, 3.63) is 0 Å². The van der Waals surface area contributed by atoms with Crippen LogP contribution in [0.1, 0.15) is 33.1 Å². The van der Waals surface area contributed by atoms with E-state index in [-0.39, 0.29) is 23.7 Å². The summed E-state index contributed by atoms with van der Waals surface area (Å²) in [5, 5.41) is 3.32. The van der Waals surface area contributed by atoms with Gasteiger partial charge in [-0.3, -0.25) is 4.79 Å². The summed E-state index contributed by atoms with van der Waals surface area (Å²) >= 11 is 0. The quantitative estimate of drug-likeness (QED) is 0.813. The third kappa shape index (κ3) is 4.93. The maximum Gasteiger partial charge on any atom is 0.230 e. The van der Waals surface area contributed by atoms with Crippen LogP contribution in [0.25, 0.3) is 0 Å². The first-order valence-electron chi connectivity index (χ1n) is 7.01. The summed E-state index contributed by atoms with van der Waals surface area (Å²) in [6, 6.07) is 0. The lowest BCUT2D eigenvalue weighted by Gasteiger charge is -2.39. The van der Waals surface area contributed by atoms with Crippen LogP contribution in [-0.2, 0) is 9.53 Å². The largest absolute Gasteiger partial charge is 0.384 e. The van der Waals surface area contributed by atoms with Gasteiger partial charge in [-0.05, 0) is 31.8 Å². The second-order valence-electron chi connectivity index (χ2n) is 5.66. The molecule has 114 valence electrons. The Balaban J connectivity index is 0.00000324. The van der Waals surface area contributed by atoms with E-state index in [1.807, 2.05) is 11.9 Å². The number of carbonyl (C=O) groups is 1. The summed E-state index contributed by atoms with van der Waals surface area (Å²) in [7, 11) is 3.61. The van der Waals surface area contributed by atoms with Crippen molar-refractivity contribution in [3.8, 4) is 0 Å². The highest BCUT2D eigenvalue weighted by atomic mass is 35.5. The van der Waals surface area contributed by atoms with Gasteiger partial charge in [0.1, 0.15) is 0 Å². The zero-order valence-electron chi connectivity index (χ0n) is 12.7. The highest BCUT2D eigenvalue weighted by Gasteiger charge is 2.41. The zero-order chi connectivity index (χ0) is 13.6. The SMILES string of the molecule is CCC(C)CN(C)C(=O)C1(COC)CCNCC1.Cl. The molecule has 1 aliphatic heterocycles. The number of nitrogens with zero attached hydrogens (tertiary/aromatic N) is 1. The summed E-state index contributed by atoms with van der Waals surface area (Å²) in [6.45, 7) is 7.55. The van der Waals surface area contributed by atoms with E-state index in [9.17, 15) is 4.79 Å². The predicted octanol–water partition coefficient (Wildman–Crippen LogP) is 1.93. The second-order valence-corrected chi connectivity index (χ2v) is 5.66. The van der Waals surface area contributed by atoms with Gasteiger partial charge in [-0.15, -0.1) is 12.4 Å². The minimum Gasteiger partial charge on any atom is -0.384 e. The first-order chi connectivity index (χ1) is 8.55. The molecule has 1 rings (SSSR count). The molecule has 1 aliphatic rings. The fourth-order valence-corrected chi connectivity index (χ4v) is 2.69. The Labute approximate surface area is 123 Å². The van der Waals surface area contributed by atoms with Crippen molar-refractivity contribution < 1.29 is 9.53 Å². The maximum atomic E-state index is 12.7. The average molecular weight is 293 g/mol. The molecule has 0 bridgehead atoms. The van der Waals surface area contributed by atoms with Crippen molar-refractivity contribution in [1.29, 1.82) is 0 Å². The summed E-state index contributed by atoms with van der Waals surface area (Å²) < 4.78 is 5.31. The fraction of sp³-hybridized carbons (Fsp3) is 0.929. The first-order valence-corrected chi connectivity index (χ1v) is 7.01. The summed E-state index contributed by atoms with van der Waals surface area (Å²) in [5.41, 5.74) is -0.303. The number of ether oxygens (including phenoxy) is 1. The van der Waals surface area contributed by atoms with E-state index < -0.39 is 0 Å². The van der Waals surface area contributed by atoms with Gasteiger partial charge >= 0.3 is 0 Å². The minimum atomic E-state index is -0.303. The third-order valence-corrected chi connectivity index (χ3v) is 4.06. The first kappa shape index (κ1) is 18.7. The molecule has 1 amide bonds. The summed E-state index contributed by atoms with van der Waals surface area (Å²) in [5.74, 6) is 0.811. The van der Waals surface area contributed by atoms with Gasteiger partial charge in [0.05, 0.1) is 12.0 Å². The van der Waals surface area contributed by atoms with E-state index in [0.717, 1.165) is 38.9 Å². The Morgan fingerprint density at radius 3 is 2.47 bits per heavy atom. The van der Waals surface area contributed by atoms with Gasteiger partial charge < -0.3 is 15.0 Å². The smallest absolute Gasteiger partial charge is 0.230 e. The zero-order valence-corrected chi connectivity index (χ0v) is 13.5. The molecule has 0 aromatic heterocycles. The Hall–Kier alpha value is -0.320. The van der Waals surface area contributed by atoms with Gasteiger partial charge in [0.2, 0.25) is 5.91 Å². The molecule has 0 aliphatic carbocycles. The molecule has 19 heavy (non-hydrogen) atoms. The number of rotatable bonds is 6. The van der Waals surface area contributed by atoms with Crippen LogP contribution in [0.5, 0.6) is 0 Å². The lowest BCUT2D eigenvalue weighted by atomic mass is 9.78. The lowest BCUT2D eigenvalue weighted by molar-refractivity contribution is -0.146. The van der Waals surface area contributed by atoms with Crippen LogP contribution in [0, 0.1) is 11.3 Å². The van der Waals surface area contributed by atoms with Gasteiger partial charge in [-0.25, -0.2) is 0 Å². The molecule has 1 heterocycles. The van der Waals surface area contributed by atoms with E-state index in [1.165, 1.54) is 0 Å². The lowest BCUT2D eigenvalue weighted by Crippen LogP contribution is -2.51. The van der Waals surface area contributed by atoms with Crippen molar-refractivity contribution in [2.45, 2.75) is 33.1 Å². The van der Waals surface area contributed by atoms with Crippen LogP contribution in [-0.4, -0.2) is 51.2 Å². The Morgan fingerprint density at radius 2 is 2.00 bits per heavy atom. The van der Waals surface area contributed by atoms with Crippen molar-refractivity contribution >= 4 is 18.3 Å². The van der Waals surface area contributed by atoms with Gasteiger partial charge in [-0.2, -0.15) is 0 Å².